The number of thioether (sulfide) groups is 1. The van der Waals surface area contributed by atoms with E-state index in [1.807, 2.05) is 6.07 Å². The molecule has 6 rings (SSSR count). The van der Waals surface area contributed by atoms with E-state index in [0.717, 1.165) is 44.3 Å². The molecule has 3 aromatic heterocycles. The molecule has 61 heavy (non-hydrogen) atoms. The number of carboxylic acid groups (broad SMARTS) is 4. The third kappa shape index (κ3) is 11.1. The molecule has 0 fully saturated rings. The van der Waals surface area contributed by atoms with Gasteiger partial charge in [-0.05, 0) is 77.9 Å². The number of carboxylic acids is 4. The summed E-state index contributed by atoms with van der Waals surface area (Å²) in [7, 11) is 0. The van der Waals surface area contributed by atoms with E-state index >= 15 is 0 Å². The van der Waals surface area contributed by atoms with Gasteiger partial charge in [0.05, 0.1) is 40.9 Å². The summed E-state index contributed by atoms with van der Waals surface area (Å²) in [4.78, 5) is 59.1. The van der Waals surface area contributed by atoms with Crippen LogP contribution in [-0.4, -0.2) is 64.6 Å². The third-order valence-corrected chi connectivity index (χ3v) is 8.52. The summed E-state index contributed by atoms with van der Waals surface area (Å²) in [6.07, 6.45) is 1.62. The van der Waals surface area contributed by atoms with Crippen molar-refractivity contribution in [3.63, 3.8) is 0 Å². The molecule has 0 spiro atoms. The van der Waals surface area contributed by atoms with E-state index in [-0.39, 0.29) is 149 Å². The number of hydrogen-bond donors (Lipinski definition) is 3. The zero-order valence-corrected chi connectivity index (χ0v) is 33.9. The van der Waals surface area contributed by atoms with Crippen LogP contribution in [0.5, 0.6) is 0 Å². The molecule has 5 N–H and O–H groups in total. The Morgan fingerprint density at radius 2 is 1.31 bits per heavy atom. The Bertz CT molecular complexity index is 2660. The smallest absolute Gasteiger partial charge is 0.545 e. The van der Waals surface area contributed by atoms with Gasteiger partial charge < -0.3 is 50.7 Å². The standard InChI is InChI=1S/C34H26N14O8S.4Li/c1-15-24(42-43-26-23(14-35)27(57-2)45-47(26)22-12-18(30(53)54)11-19(13-22)31(55)56)25(36)48(44-15)34-40-32(38-20-7-3-16(4-8-20)28(49)50)39-33(41-34)46(37)21-9-5-17(6-10-21)29(51)52;;;;/h3-13H,36-37H2,1-2H3,(H,49,50)(H,51,52)(H,53,54)(H,55,56)(H,38,39,40,41);;;;/q;4*+1/p-4. The largest absolute Gasteiger partial charge is 1.00 e. The minimum absolute atomic E-state index is 0. The van der Waals surface area contributed by atoms with Crippen molar-refractivity contribution in [2.75, 3.05) is 22.3 Å². The number of aromatic carboxylic acids is 4. The van der Waals surface area contributed by atoms with Crippen molar-refractivity contribution >= 4 is 76.2 Å². The molecule has 0 atom stereocenters. The number of carbonyl (C=O) groups excluding carboxylic acids is 4. The van der Waals surface area contributed by atoms with Crippen molar-refractivity contribution in [2.24, 2.45) is 16.1 Å². The van der Waals surface area contributed by atoms with Gasteiger partial charge in [-0.2, -0.15) is 35.1 Å². The average Bonchev–Trinajstić information content (AvgIpc) is 3.71. The molecule has 0 aliphatic heterocycles. The van der Waals surface area contributed by atoms with Gasteiger partial charge in [-0.15, -0.1) is 22.0 Å². The summed E-state index contributed by atoms with van der Waals surface area (Å²) in [5.74, 6) is -0.774. The molecule has 0 amide bonds. The minimum Gasteiger partial charge on any atom is -0.545 e. The molecule has 3 aromatic carbocycles. The van der Waals surface area contributed by atoms with Gasteiger partial charge in [0.25, 0.3) is 11.9 Å². The number of nitriles is 1. The molecule has 27 heteroatoms. The molecule has 0 aliphatic carbocycles. The van der Waals surface area contributed by atoms with Crippen molar-refractivity contribution in [1.29, 1.82) is 5.26 Å². The molecule has 0 bridgehead atoms. The summed E-state index contributed by atoms with van der Waals surface area (Å²) in [5.41, 5.74) is 5.78. The number of aromatic nitrogens is 7. The van der Waals surface area contributed by atoms with Gasteiger partial charge in [0.1, 0.15) is 16.7 Å². The van der Waals surface area contributed by atoms with Crippen LogP contribution >= 0.6 is 11.8 Å². The fourth-order valence-electron chi connectivity index (χ4n) is 5.09. The van der Waals surface area contributed by atoms with Crippen molar-refractivity contribution in [1.82, 2.24) is 34.5 Å². The minimum atomic E-state index is -1.68. The predicted molar refractivity (Wildman–Crippen MR) is 190 cm³/mol. The number of azo groups is 1. The quantitative estimate of drug-likeness (QED) is 0.0320. The number of hydrogen-bond acceptors (Lipinski definition) is 21. The number of nitrogens with zero attached hydrogens (tertiary/aromatic N) is 11. The van der Waals surface area contributed by atoms with Crippen LogP contribution in [0.3, 0.4) is 0 Å². The molecule has 3 heterocycles. The zero-order valence-electron chi connectivity index (χ0n) is 33.1. The molecular weight excluding hydrogens is 792 g/mol. The Morgan fingerprint density at radius 3 is 1.82 bits per heavy atom. The van der Waals surface area contributed by atoms with E-state index in [0.29, 0.717) is 5.69 Å². The number of rotatable bonds is 13. The zero-order chi connectivity index (χ0) is 41.1. The molecule has 6 aromatic rings. The van der Waals surface area contributed by atoms with Gasteiger partial charge in [0.15, 0.2) is 17.3 Å². The molecule has 0 unspecified atom stereocenters. The van der Waals surface area contributed by atoms with E-state index in [1.54, 1.807) is 6.26 Å². The summed E-state index contributed by atoms with van der Waals surface area (Å²) < 4.78 is 2.09. The van der Waals surface area contributed by atoms with Gasteiger partial charge in [0, 0.05) is 5.69 Å². The maximum atomic E-state index is 11.7. The normalized spacial score (nSPS) is 10.3. The van der Waals surface area contributed by atoms with E-state index < -0.39 is 35.0 Å². The second-order valence-corrected chi connectivity index (χ2v) is 12.3. The van der Waals surface area contributed by atoms with Gasteiger partial charge in [-0.25, -0.2) is 15.5 Å². The average molecular weight is 814 g/mol. The monoisotopic (exact) mass is 814 g/mol. The van der Waals surface area contributed by atoms with Gasteiger partial charge in [-0.3, -0.25) is 0 Å². The fourth-order valence-corrected chi connectivity index (χ4v) is 5.59. The topological polar surface area (TPSA) is 351 Å². The van der Waals surface area contributed by atoms with Crippen LogP contribution in [0.15, 0.2) is 82.0 Å². The molecule has 0 radical (unpaired) electrons. The summed E-state index contributed by atoms with van der Waals surface area (Å²) in [6.45, 7) is 1.51. The Labute approximate surface area is 396 Å². The molecule has 0 aliphatic rings. The molecule has 286 valence electrons. The van der Waals surface area contributed by atoms with Gasteiger partial charge in [-0.1, -0.05) is 24.3 Å². The van der Waals surface area contributed by atoms with Crippen molar-refractivity contribution in [2.45, 2.75) is 11.9 Å². The van der Waals surface area contributed by atoms with Crippen LogP contribution in [0.4, 0.5) is 40.6 Å². The van der Waals surface area contributed by atoms with Crippen LogP contribution in [-0.2, 0) is 0 Å². The summed E-state index contributed by atoms with van der Waals surface area (Å²) in [5, 5.41) is 77.2. The number of benzene rings is 3. The van der Waals surface area contributed by atoms with Crippen LogP contribution in [0.2, 0.25) is 0 Å². The van der Waals surface area contributed by atoms with Crippen LogP contribution in [0, 0.1) is 18.3 Å². The Kier molecular flexibility index (Phi) is 18.2. The van der Waals surface area contributed by atoms with Crippen LogP contribution in [0.25, 0.3) is 11.6 Å². The summed E-state index contributed by atoms with van der Waals surface area (Å²) in [6, 6.07) is 15.6. The van der Waals surface area contributed by atoms with Crippen molar-refractivity contribution in [3.05, 3.63) is 100 Å². The van der Waals surface area contributed by atoms with Crippen molar-refractivity contribution in [3.8, 4) is 17.7 Å². The predicted octanol–water partition coefficient (Wildman–Crippen LogP) is -12.6. The maximum Gasteiger partial charge on any atom is 1.00 e. The maximum absolute atomic E-state index is 11.7. The molecule has 0 saturated carbocycles. The van der Waals surface area contributed by atoms with E-state index in [9.17, 15) is 44.9 Å². The first-order valence-electron chi connectivity index (χ1n) is 15.8. The SMILES string of the molecule is CSc1nn(-c2cc(C(=O)[O-])cc(C(=O)[O-])c2)c(N=Nc2c(C)nn(-c3nc(Nc4ccc(C(=O)[O-])cc4)nc(N(N)c4ccc(C(=O)[O-])cc4)n3)c2N)c1C#N.[Li+].[Li+].[Li+].[Li+]. The van der Waals surface area contributed by atoms with Crippen LogP contribution in [0.1, 0.15) is 52.7 Å². The summed E-state index contributed by atoms with van der Waals surface area (Å²) >= 11 is 1.05. The Hall–Kier alpha value is -5.84. The number of nitrogens with two attached hydrogens (primary N) is 2. The number of aryl methyl sites for hydroxylation is 1. The Balaban J connectivity index is 0.00000320. The first-order valence-corrected chi connectivity index (χ1v) is 17.0. The third-order valence-electron chi connectivity index (χ3n) is 7.85. The Morgan fingerprint density at radius 1 is 0.770 bits per heavy atom. The van der Waals surface area contributed by atoms with Crippen molar-refractivity contribution < 1.29 is 115 Å². The number of hydrazine groups is 1. The molecule has 0 saturated heterocycles. The fraction of sp³-hybridized carbons (Fsp3) is 0.0588. The molecule has 22 nitrogen and oxygen atoms in total. The van der Waals surface area contributed by atoms with E-state index in [1.165, 1.54) is 55.5 Å². The van der Waals surface area contributed by atoms with Gasteiger partial charge >= 0.3 is 75.4 Å². The first kappa shape index (κ1) is 51.3. The number of nitrogens with one attached hydrogen (secondary N) is 1. The van der Waals surface area contributed by atoms with Crippen LogP contribution < -0.4 is 118 Å². The first-order chi connectivity index (χ1) is 27.2. The second-order valence-electron chi connectivity index (χ2n) is 11.5. The number of nitrogen functional groups attached to an aromatic ring is 1. The van der Waals surface area contributed by atoms with Gasteiger partial charge in [0.2, 0.25) is 5.95 Å². The van der Waals surface area contributed by atoms with E-state index in [2.05, 4.69) is 40.7 Å². The molecular formula is C34H22Li4N14O8S. The van der Waals surface area contributed by atoms with E-state index in [4.69, 9.17) is 11.6 Å². The second kappa shape index (κ2) is 21.6. The number of carbonyl (C=O) groups is 4. The number of anilines is 5.